The first-order chi connectivity index (χ1) is 6.32. The standard InChI is InChI=1S/C10H19FN2O/c1-8-7-12(4)5-6-13(8)9(14)10(2,3)11/h8H,5-7H2,1-4H3. The molecule has 1 unspecified atom stereocenters. The lowest BCUT2D eigenvalue weighted by Gasteiger charge is -2.40. The van der Waals surface area contributed by atoms with Crippen molar-refractivity contribution in [2.24, 2.45) is 0 Å². The maximum absolute atomic E-state index is 13.4. The average molecular weight is 202 g/mol. The van der Waals surface area contributed by atoms with E-state index in [9.17, 15) is 9.18 Å². The molecule has 1 atom stereocenters. The van der Waals surface area contributed by atoms with Crippen LogP contribution in [0.15, 0.2) is 0 Å². The number of piperazine rings is 1. The molecule has 4 heteroatoms. The molecule has 1 fully saturated rings. The highest BCUT2D eigenvalue weighted by molar-refractivity contribution is 5.84. The summed E-state index contributed by atoms with van der Waals surface area (Å²) in [6.45, 7) is 6.87. The van der Waals surface area contributed by atoms with Crippen molar-refractivity contribution in [1.82, 2.24) is 9.80 Å². The fourth-order valence-corrected chi connectivity index (χ4v) is 1.78. The molecule has 0 bridgehead atoms. The first-order valence-corrected chi connectivity index (χ1v) is 5.01. The van der Waals surface area contributed by atoms with Gasteiger partial charge in [0.1, 0.15) is 0 Å². The normalized spacial score (nSPS) is 25.2. The van der Waals surface area contributed by atoms with E-state index in [-0.39, 0.29) is 6.04 Å². The lowest BCUT2D eigenvalue weighted by Crippen LogP contribution is -2.56. The fourth-order valence-electron chi connectivity index (χ4n) is 1.78. The molecule has 1 saturated heterocycles. The quantitative estimate of drug-likeness (QED) is 0.630. The minimum atomic E-state index is -1.75. The maximum atomic E-state index is 13.4. The topological polar surface area (TPSA) is 23.6 Å². The van der Waals surface area contributed by atoms with Gasteiger partial charge in [0.25, 0.3) is 5.91 Å². The van der Waals surface area contributed by atoms with Crippen LogP contribution in [0.1, 0.15) is 20.8 Å². The van der Waals surface area contributed by atoms with Crippen LogP contribution in [-0.2, 0) is 4.79 Å². The number of hydrogen-bond donors (Lipinski definition) is 0. The molecule has 0 radical (unpaired) electrons. The lowest BCUT2D eigenvalue weighted by molar-refractivity contribution is -0.146. The highest BCUT2D eigenvalue weighted by Crippen LogP contribution is 2.17. The van der Waals surface area contributed by atoms with Gasteiger partial charge in [0, 0.05) is 25.7 Å². The Kier molecular flexibility index (Phi) is 3.14. The summed E-state index contributed by atoms with van der Waals surface area (Å²) in [6.07, 6.45) is 0. The summed E-state index contributed by atoms with van der Waals surface area (Å²) in [5.41, 5.74) is -1.75. The zero-order valence-corrected chi connectivity index (χ0v) is 9.38. The average Bonchev–Trinajstić information content (AvgIpc) is 2.01. The summed E-state index contributed by atoms with van der Waals surface area (Å²) >= 11 is 0. The van der Waals surface area contributed by atoms with Crippen LogP contribution in [0.25, 0.3) is 0 Å². The predicted octanol–water partition coefficient (Wildman–Crippen LogP) is 0.897. The highest BCUT2D eigenvalue weighted by Gasteiger charge is 2.35. The van der Waals surface area contributed by atoms with Crippen molar-refractivity contribution in [3.8, 4) is 0 Å². The Hall–Kier alpha value is -0.640. The zero-order chi connectivity index (χ0) is 10.9. The van der Waals surface area contributed by atoms with Crippen LogP contribution >= 0.6 is 0 Å². The Balaban J connectivity index is 2.65. The predicted molar refractivity (Wildman–Crippen MR) is 53.9 cm³/mol. The third-order valence-electron chi connectivity index (χ3n) is 2.60. The monoisotopic (exact) mass is 202 g/mol. The maximum Gasteiger partial charge on any atom is 0.259 e. The van der Waals surface area contributed by atoms with E-state index in [1.165, 1.54) is 13.8 Å². The lowest BCUT2D eigenvalue weighted by atomic mass is 10.1. The van der Waals surface area contributed by atoms with Gasteiger partial charge in [0.05, 0.1) is 0 Å². The van der Waals surface area contributed by atoms with Crippen LogP contribution in [0.2, 0.25) is 0 Å². The van der Waals surface area contributed by atoms with Crippen LogP contribution in [0.5, 0.6) is 0 Å². The molecule has 14 heavy (non-hydrogen) atoms. The summed E-state index contributed by atoms with van der Waals surface area (Å²) in [5.74, 6) is -0.391. The van der Waals surface area contributed by atoms with Gasteiger partial charge in [-0.2, -0.15) is 0 Å². The van der Waals surface area contributed by atoms with E-state index >= 15 is 0 Å². The summed E-state index contributed by atoms with van der Waals surface area (Å²) < 4.78 is 13.4. The molecule has 1 rings (SSSR count). The Morgan fingerprint density at radius 2 is 2.00 bits per heavy atom. The van der Waals surface area contributed by atoms with Gasteiger partial charge in [-0.15, -0.1) is 0 Å². The van der Waals surface area contributed by atoms with E-state index in [0.717, 1.165) is 13.1 Å². The minimum Gasteiger partial charge on any atom is -0.335 e. The van der Waals surface area contributed by atoms with Gasteiger partial charge in [0.15, 0.2) is 5.67 Å². The number of carbonyl (C=O) groups is 1. The number of nitrogens with zero attached hydrogens (tertiary/aromatic N) is 2. The molecule has 1 aliphatic rings. The number of alkyl halides is 1. The minimum absolute atomic E-state index is 0.108. The summed E-state index contributed by atoms with van der Waals surface area (Å²) in [7, 11) is 2.01. The molecular weight excluding hydrogens is 183 g/mol. The van der Waals surface area contributed by atoms with Gasteiger partial charge in [-0.25, -0.2) is 4.39 Å². The Morgan fingerprint density at radius 3 is 2.43 bits per heavy atom. The molecule has 82 valence electrons. The number of amides is 1. The van der Waals surface area contributed by atoms with E-state index in [4.69, 9.17) is 0 Å². The van der Waals surface area contributed by atoms with Crippen LogP contribution < -0.4 is 0 Å². The van der Waals surface area contributed by atoms with Gasteiger partial charge < -0.3 is 9.80 Å². The Morgan fingerprint density at radius 1 is 1.43 bits per heavy atom. The SMILES string of the molecule is CC1CN(C)CCN1C(=O)C(C)(C)F. The van der Waals surface area contributed by atoms with Crippen LogP contribution in [0.3, 0.4) is 0 Å². The van der Waals surface area contributed by atoms with E-state index in [0.29, 0.717) is 6.54 Å². The third-order valence-corrected chi connectivity index (χ3v) is 2.60. The van der Waals surface area contributed by atoms with Crippen LogP contribution in [-0.4, -0.2) is 54.1 Å². The van der Waals surface area contributed by atoms with Gasteiger partial charge in [-0.05, 0) is 27.8 Å². The number of rotatable bonds is 1. The van der Waals surface area contributed by atoms with Crippen molar-refractivity contribution >= 4 is 5.91 Å². The van der Waals surface area contributed by atoms with Gasteiger partial charge in [-0.1, -0.05) is 0 Å². The molecule has 0 saturated carbocycles. The number of likely N-dealkylation sites (N-methyl/N-ethyl adjacent to an activating group) is 1. The zero-order valence-electron chi connectivity index (χ0n) is 9.38. The second kappa shape index (κ2) is 3.85. The highest BCUT2D eigenvalue weighted by atomic mass is 19.1. The van der Waals surface area contributed by atoms with E-state index in [2.05, 4.69) is 4.90 Å². The summed E-state index contributed by atoms with van der Waals surface area (Å²) in [4.78, 5) is 15.5. The molecule has 0 aliphatic carbocycles. The number of halogens is 1. The number of hydrogen-bond acceptors (Lipinski definition) is 2. The van der Waals surface area contributed by atoms with Crippen molar-refractivity contribution in [3.05, 3.63) is 0 Å². The molecule has 3 nitrogen and oxygen atoms in total. The van der Waals surface area contributed by atoms with E-state index in [1.54, 1.807) is 4.90 Å². The molecule has 1 aliphatic heterocycles. The van der Waals surface area contributed by atoms with Gasteiger partial charge in [-0.3, -0.25) is 4.79 Å². The molecule has 1 heterocycles. The molecule has 0 N–H and O–H groups in total. The molecule has 0 aromatic rings. The third kappa shape index (κ3) is 2.44. The summed E-state index contributed by atoms with van der Waals surface area (Å²) in [5, 5.41) is 0. The van der Waals surface area contributed by atoms with Gasteiger partial charge >= 0.3 is 0 Å². The molecule has 0 spiro atoms. The largest absolute Gasteiger partial charge is 0.335 e. The molecular formula is C10H19FN2O. The second-order valence-corrected chi connectivity index (χ2v) is 4.58. The van der Waals surface area contributed by atoms with Crippen molar-refractivity contribution in [1.29, 1.82) is 0 Å². The number of carbonyl (C=O) groups excluding carboxylic acids is 1. The summed E-state index contributed by atoms with van der Waals surface area (Å²) in [6, 6.07) is 0.108. The molecule has 0 aromatic heterocycles. The molecule has 1 amide bonds. The van der Waals surface area contributed by atoms with Crippen molar-refractivity contribution in [2.75, 3.05) is 26.7 Å². The van der Waals surface area contributed by atoms with Crippen LogP contribution in [0.4, 0.5) is 4.39 Å². The van der Waals surface area contributed by atoms with E-state index < -0.39 is 11.6 Å². The molecule has 0 aromatic carbocycles. The first-order valence-electron chi connectivity index (χ1n) is 5.01. The van der Waals surface area contributed by atoms with Crippen molar-refractivity contribution in [3.63, 3.8) is 0 Å². The van der Waals surface area contributed by atoms with Gasteiger partial charge in [0.2, 0.25) is 0 Å². The fraction of sp³-hybridized carbons (Fsp3) is 0.900. The van der Waals surface area contributed by atoms with Crippen molar-refractivity contribution in [2.45, 2.75) is 32.5 Å². The Bertz CT molecular complexity index is 225. The van der Waals surface area contributed by atoms with E-state index in [1.807, 2.05) is 14.0 Å². The smallest absolute Gasteiger partial charge is 0.259 e. The van der Waals surface area contributed by atoms with Crippen molar-refractivity contribution < 1.29 is 9.18 Å². The Labute approximate surface area is 84.9 Å². The first kappa shape index (κ1) is 11.4. The second-order valence-electron chi connectivity index (χ2n) is 4.58. The van der Waals surface area contributed by atoms with Crippen LogP contribution in [0, 0.1) is 0 Å².